The molecule has 0 saturated heterocycles. The van der Waals surface area contributed by atoms with E-state index in [1.165, 1.54) is 12.1 Å². The smallest absolute Gasteiger partial charge is 0.299 e. The molecule has 0 radical (unpaired) electrons. The van der Waals surface area contributed by atoms with Gasteiger partial charge in [0.25, 0.3) is 10.2 Å². The summed E-state index contributed by atoms with van der Waals surface area (Å²) < 4.78 is 41.5. The highest BCUT2D eigenvalue weighted by Crippen LogP contribution is 2.21. The van der Waals surface area contributed by atoms with Crippen LogP contribution in [0.2, 0.25) is 0 Å². The molecule has 0 bridgehead atoms. The summed E-state index contributed by atoms with van der Waals surface area (Å²) in [5.41, 5.74) is 0.248. The number of aliphatic hydroxyl groups excluding tert-OH is 1. The van der Waals surface area contributed by atoms with Crippen LogP contribution in [0.15, 0.2) is 18.2 Å². The number of halogens is 1. The van der Waals surface area contributed by atoms with Gasteiger partial charge in [-0.2, -0.15) is 13.1 Å². The van der Waals surface area contributed by atoms with Gasteiger partial charge in [-0.25, -0.2) is 4.39 Å². The maximum atomic E-state index is 13.4. The monoisotopic (exact) mass is 284 g/mol. The first kappa shape index (κ1) is 13.8. The third-order valence-electron chi connectivity index (χ3n) is 2.42. The predicted molar refractivity (Wildman–Crippen MR) is 69.1 cm³/mol. The van der Waals surface area contributed by atoms with Crippen LogP contribution in [0.5, 0.6) is 0 Å². The normalized spacial score (nSPS) is 14.6. The quantitative estimate of drug-likeness (QED) is 0.708. The Hall–Kier alpha value is -1.62. The van der Waals surface area contributed by atoms with Crippen molar-refractivity contribution >= 4 is 15.9 Å². The highest BCUT2D eigenvalue weighted by atomic mass is 32.2. The third kappa shape index (κ3) is 4.21. The van der Waals surface area contributed by atoms with E-state index in [1.807, 2.05) is 0 Å². The van der Waals surface area contributed by atoms with E-state index in [-0.39, 0.29) is 17.3 Å². The van der Waals surface area contributed by atoms with Crippen LogP contribution in [0.1, 0.15) is 18.4 Å². The van der Waals surface area contributed by atoms with E-state index in [1.54, 1.807) is 0 Å². The van der Waals surface area contributed by atoms with Crippen molar-refractivity contribution < 1.29 is 17.9 Å². The van der Waals surface area contributed by atoms with Crippen molar-refractivity contribution in [1.29, 1.82) is 0 Å². The molecule has 19 heavy (non-hydrogen) atoms. The topological polar surface area (TPSA) is 78.4 Å². The molecular formula is C12H13FN2O3S. The minimum absolute atomic E-state index is 0.00778. The van der Waals surface area contributed by atoms with Crippen molar-refractivity contribution in [2.24, 2.45) is 0 Å². The molecule has 0 unspecified atom stereocenters. The summed E-state index contributed by atoms with van der Waals surface area (Å²) in [5, 5.41) is 8.56. The summed E-state index contributed by atoms with van der Waals surface area (Å²) >= 11 is 0. The van der Waals surface area contributed by atoms with Crippen LogP contribution in [0.25, 0.3) is 0 Å². The zero-order valence-electron chi connectivity index (χ0n) is 9.98. The van der Waals surface area contributed by atoms with Crippen molar-refractivity contribution in [3.63, 3.8) is 0 Å². The van der Waals surface area contributed by atoms with Crippen LogP contribution in [0.3, 0.4) is 0 Å². The lowest BCUT2D eigenvalue weighted by molar-refractivity contribution is 0.350. The maximum absolute atomic E-state index is 13.4. The van der Waals surface area contributed by atoms with Gasteiger partial charge in [-0.05, 0) is 31.0 Å². The molecule has 102 valence electrons. The highest BCUT2D eigenvalue weighted by molar-refractivity contribution is 7.90. The molecule has 0 atom stereocenters. The molecule has 3 N–H and O–H groups in total. The van der Waals surface area contributed by atoms with Crippen molar-refractivity contribution in [2.75, 3.05) is 11.3 Å². The van der Waals surface area contributed by atoms with Gasteiger partial charge < -0.3 is 5.11 Å². The van der Waals surface area contributed by atoms with Crippen LogP contribution in [-0.4, -0.2) is 26.2 Å². The van der Waals surface area contributed by atoms with Gasteiger partial charge in [0.15, 0.2) is 0 Å². The molecule has 1 saturated carbocycles. The average Bonchev–Trinajstić information content (AvgIpc) is 3.12. The van der Waals surface area contributed by atoms with E-state index in [4.69, 9.17) is 5.11 Å². The summed E-state index contributed by atoms with van der Waals surface area (Å²) in [7, 11) is -3.64. The standard InChI is InChI=1S/C12H13FN2O3S/c13-12-6-5-11(8-9(12)2-1-7-16)15-19(17,18)14-10-3-4-10/h5-6,8,10,14-16H,3-4,7H2. The number of rotatable bonds is 4. The summed E-state index contributed by atoms with van der Waals surface area (Å²) in [6.45, 7) is -0.390. The molecule has 1 fully saturated rings. The molecule has 1 aliphatic rings. The number of hydrogen-bond acceptors (Lipinski definition) is 3. The lowest BCUT2D eigenvalue weighted by atomic mass is 10.2. The zero-order chi connectivity index (χ0) is 13.9. The number of hydrogen-bond donors (Lipinski definition) is 3. The van der Waals surface area contributed by atoms with Crippen LogP contribution < -0.4 is 9.44 Å². The third-order valence-corrected chi connectivity index (χ3v) is 3.57. The minimum atomic E-state index is -3.64. The van der Waals surface area contributed by atoms with E-state index >= 15 is 0 Å². The number of benzene rings is 1. The summed E-state index contributed by atoms with van der Waals surface area (Å²) in [4.78, 5) is 0. The average molecular weight is 284 g/mol. The number of nitrogens with one attached hydrogen (secondary N) is 2. The molecule has 7 heteroatoms. The SMILES string of the molecule is O=S(=O)(Nc1ccc(F)c(C#CCO)c1)NC1CC1. The van der Waals surface area contributed by atoms with Gasteiger partial charge in [-0.3, -0.25) is 4.72 Å². The Morgan fingerprint density at radius 2 is 2.16 bits per heavy atom. The zero-order valence-corrected chi connectivity index (χ0v) is 10.8. The molecule has 0 aromatic heterocycles. The lowest BCUT2D eigenvalue weighted by Gasteiger charge is -2.09. The molecule has 5 nitrogen and oxygen atoms in total. The van der Waals surface area contributed by atoms with Gasteiger partial charge in [-0.15, -0.1) is 0 Å². The second kappa shape index (κ2) is 5.57. The Balaban J connectivity index is 2.16. The van der Waals surface area contributed by atoms with Crippen molar-refractivity contribution in [1.82, 2.24) is 4.72 Å². The predicted octanol–water partition coefficient (Wildman–Crippen LogP) is 0.578. The molecule has 1 aromatic rings. The van der Waals surface area contributed by atoms with E-state index in [2.05, 4.69) is 21.3 Å². The molecule has 0 spiro atoms. The summed E-state index contributed by atoms with van der Waals surface area (Å²) in [5.74, 6) is 4.15. The van der Waals surface area contributed by atoms with E-state index in [0.717, 1.165) is 18.9 Å². The molecule has 0 amide bonds. The Morgan fingerprint density at radius 1 is 1.42 bits per heavy atom. The lowest BCUT2D eigenvalue weighted by Crippen LogP contribution is -2.31. The Bertz CT molecular complexity index is 630. The molecule has 0 aliphatic heterocycles. The highest BCUT2D eigenvalue weighted by Gasteiger charge is 2.26. The van der Waals surface area contributed by atoms with Crippen LogP contribution in [0.4, 0.5) is 10.1 Å². The second-order valence-corrected chi connectivity index (χ2v) is 5.60. The minimum Gasteiger partial charge on any atom is -0.384 e. The van der Waals surface area contributed by atoms with Crippen LogP contribution in [0, 0.1) is 17.7 Å². The summed E-state index contributed by atoms with van der Waals surface area (Å²) in [6, 6.07) is 3.71. The van der Waals surface area contributed by atoms with Gasteiger partial charge in [0, 0.05) is 6.04 Å². The van der Waals surface area contributed by atoms with E-state index in [0.29, 0.717) is 0 Å². The van der Waals surface area contributed by atoms with Crippen molar-refractivity contribution in [3.8, 4) is 11.8 Å². The van der Waals surface area contributed by atoms with E-state index in [9.17, 15) is 12.8 Å². The molecule has 1 aliphatic carbocycles. The van der Waals surface area contributed by atoms with Crippen molar-refractivity contribution in [3.05, 3.63) is 29.6 Å². The fraction of sp³-hybridized carbons (Fsp3) is 0.333. The fourth-order valence-corrected chi connectivity index (χ4v) is 2.60. The fourth-order valence-electron chi connectivity index (χ4n) is 1.42. The van der Waals surface area contributed by atoms with Crippen LogP contribution in [-0.2, 0) is 10.2 Å². The van der Waals surface area contributed by atoms with Gasteiger partial charge in [0.2, 0.25) is 0 Å². The maximum Gasteiger partial charge on any atom is 0.299 e. The van der Waals surface area contributed by atoms with Gasteiger partial charge in [0.05, 0.1) is 11.3 Å². The number of anilines is 1. The van der Waals surface area contributed by atoms with Gasteiger partial charge >= 0.3 is 0 Å². The van der Waals surface area contributed by atoms with E-state index < -0.39 is 22.6 Å². The largest absolute Gasteiger partial charge is 0.384 e. The Kier molecular flexibility index (Phi) is 4.04. The van der Waals surface area contributed by atoms with Gasteiger partial charge in [0.1, 0.15) is 12.4 Å². The Labute approximate surface area is 111 Å². The first-order valence-electron chi connectivity index (χ1n) is 5.69. The van der Waals surface area contributed by atoms with Crippen molar-refractivity contribution in [2.45, 2.75) is 18.9 Å². The molecule has 0 heterocycles. The second-order valence-electron chi connectivity index (χ2n) is 4.15. The Morgan fingerprint density at radius 3 is 2.79 bits per heavy atom. The van der Waals surface area contributed by atoms with Crippen LogP contribution >= 0.6 is 0 Å². The number of aliphatic hydroxyl groups is 1. The summed E-state index contributed by atoms with van der Waals surface area (Å²) in [6.07, 6.45) is 1.66. The molecule has 1 aromatic carbocycles. The molecule has 2 rings (SSSR count). The molecular weight excluding hydrogens is 271 g/mol. The first-order valence-corrected chi connectivity index (χ1v) is 7.18. The van der Waals surface area contributed by atoms with Gasteiger partial charge in [-0.1, -0.05) is 11.8 Å². The first-order chi connectivity index (χ1) is 9.00.